The second-order valence-corrected chi connectivity index (χ2v) is 5.60. The number of hydrogen-bond acceptors (Lipinski definition) is 3. The molecule has 0 saturated heterocycles. The van der Waals surface area contributed by atoms with E-state index in [1.807, 2.05) is 0 Å². The molecule has 1 aromatic heterocycles. The number of nitrogens with zero attached hydrogens (tertiary/aromatic N) is 1. The Morgan fingerprint density at radius 1 is 1.44 bits per heavy atom. The minimum Gasteiger partial charge on any atom is -0.269 e. The quantitative estimate of drug-likeness (QED) is 0.806. The van der Waals surface area contributed by atoms with E-state index in [0.717, 1.165) is 12.8 Å². The van der Waals surface area contributed by atoms with Crippen molar-refractivity contribution in [1.82, 2.24) is 9.71 Å². The van der Waals surface area contributed by atoms with Crippen LogP contribution in [-0.2, 0) is 10.2 Å². The van der Waals surface area contributed by atoms with E-state index >= 15 is 0 Å². The molecule has 0 aliphatic heterocycles. The van der Waals surface area contributed by atoms with Crippen molar-refractivity contribution in [3.63, 3.8) is 0 Å². The Hall–Kier alpha value is -0.850. The van der Waals surface area contributed by atoms with Crippen molar-refractivity contribution in [3.05, 3.63) is 23.0 Å². The summed E-state index contributed by atoms with van der Waals surface area (Å²) in [5.74, 6) is 0. The summed E-state index contributed by atoms with van der Waals surface area (Å²) >= 11 is 5.68. The monoisotopic (exact) mass is 261 g/mol. The summed E-state index contributed by atoms with van der Waals surface area (Å²) in [5, 5.41) is 0.343. The molecule has 2 N–H and O–H groups in total. The van der Waals surface area contributed by atoms with Crippen LogP contribution in [0.25, 0.3) is 0 Å². The van der Waals surface area contributed by atoms with Crippen molar-refractivity contribution in [2.75, 3.05) is 4.72 Å². The number of aryl methyl sites for hydroxylation is 1. The fourth-order valence-corrected chi connectivity index (χ4v) is 2.66. The molecule has 1 fully saturated rings. The molecule has 0 atom stereocenters. The molecule has 1 saturated carbocycles. The first-order chi connectivity index (χ1) is 7.46. The molecule has 7 heteroatoms. The number of rotatable bonds is 4. The lowest BCUT2D eigenvalue weighted by atomic mass is 10.3. The standard InChI is InChI=1S/C9H12ClN3O2S/c1-6-8(4-5-9(10)11-6)13-16(14,15)12-7-2-3-7/h4-5,7,12-13H,2-3H2,1H3. The van der Waals surface area contributed by atoms with E-state index in [4.69, 9.17) is 11.6 Å². The minimum absolute atomic E-state index is 0.0815. The van der Waals surface area contributed by atoms with Crippen LogP contribution in [0.4, 0.5) is 5.69 Å². The van der Waals surface area contributed by atoms with Crippen LogP contribution in [0.3, 0.4) is 0 Å². The van der Waals surface area contributed by atoms with Crippen molar-refractivity contribution in [2.45, 2.75) is 25.8 Å². The van der Waals surface area contributed by atoms with Gasteiger partial charge in [0.25, 0.3) is 10.2 Å². The van der Waals surface area contributed by atoms with Gasteiger partial charge in [0.05, 0.1) is 11.4 Å². The molecular weight excluding hydrogens is 250 g/mol. The van der Waals surface area contributed by atoms with Crippen LogP contribution in [0, 0.1) is 6.92 Å². The first-order valence-corrected chi connectivity index (χ1v) is 6.75. The molecule has 0 radical (unpaired) electrons. The zero-order chi connectivity index (χ0) is 11.8. The fourth-order valence-electron chi connectivity index (χ4n) is 1.23. The van der Waals surface area contributed by atoms with Crippen LogP contribution >= 0.6 is 11.6 Å². The Labute approximate surface area is 99.4 Å². The third-order valence-electron chi connectivity index (χ3n) is 2.20. The zero-order valence-corrected chi connectivity index (χ0v) is 10.3. The maximum absolute atomic E-state index is 11.6. The van der Waals surface area contributed by atoms with Crippen LogP contribution in [-0.4, -0.2) is 19.4 Å². The third kappa shape index (κ3) is 3.07. The number of halogens is 1. The number of nitrogens with one attached hydrogen (secondary N) is 2. The predicted octanol–water partition coefficient (Wildman–Crippen LogP) is 1.45. The molecular formula is C9H12ClN3O2S. The topological polar surface area (TPSA) is 71.1 Å². The van der Waals surface area contributed by atoms with Gasteiger partial charge in [0.1, 0.15) is 5.15 Å². The van der Waals surface area contributed by atoms with Crippen molar-refractivity contribution in [2.24, 2.45) is 0 Å². The van der Waals surface area contributed by atoms with Gasteiger partial charge in [0.2, 0.25) is 0 Å². The predicted molar refractivity (Wildman–Crippen MR) is 62.7 cm³/mol. The van der Waals surface area contributed by atoms with Crippen LogP contribution in [0.2, 0.25) is 5.15 Å². The summed E-state index contributed by atoms with van der Waals surface area (Å²) in [5.41, 5.74) is 0.992. The summed E-state index contributed by atoms with van der Waals surface area (Å²) in [6, 6.07) is 3.22. The van der Waals surface area contributed by atoms with E-state index in [1.54, 1.807) is 19.1 Å². The molecule has 1 heterocycles. The first-order valence-electron chi connectivity index (χ1n) is 4.89. The first kappa shape index (κ1) is 11.6. The maximum atomic E-state index is 11.6. The largest absolute Gasteiger partial charge is 0.299 e. The van der Waals surface area contributed by atoms with Gasteiger partial charge in [-0.25, -0.2) is 4.98 Å². The zero-order valence-electron chi connectivity index (χ0n) is 8.70. The molecule has 1 aromatic rings. The molecule has 0 amide bonds. The van der Waals surface area contributed by atoms with Crippen LogP contribution in [0.1, 0.15) is 18.5 Å². The molecule has 1 aliphatic carbocycles. The molecule has 0 unspecified atom stereocenters. The Balaban J connectivity index is 2.13. The smallest absolute Gasteiger partial charge is 0.269 e. The van der Waals surface area contributed by atoms with E-state index in [-0.39, 0.29) is 6.04 Å². The highest BCUT2D eigenvalue weighted by Gasteiger charge is 2.27. The molecule has 5 nitrogen and oxygen atoms in total. The SMILES string of the molecule is Cc1nc(Cl)ccc1NS(=O)(=O)NC1CC1. The van der Waals surface area contributed by atoms with Gasteiger partial charge in [0.15, 0.2) is 0 Å². The Kier molecular flexibility index (Phi) is 3.05. The number of pyridine rings is 1. The van der Waals surface area contributed by atoms with Crippen LogP contribution in [0.5, 0.6) is 0 Å². The van der Waals surface area contributed by atoms with Gasteiger partial charge in [-0.1, -0.05) is 11.6 Å². The Bertz CT molecular complexity index is 499. The summed E-state index contributed by atoms with van der Waals surface area (Å²) < 4.78 is 28.2. The highest BCUT2D eigenvalue weighted by atomic mass is 35.5. The summed E-state index contributed by atoms with van der Waals surface area (Å²) in [4.78, 5) is 3.96. The van der Waals surface area contributed by atoms with Gasteiger partial charge in [0, 0.05) is 6.04 Å². The molecule has 0 bridgehead atoms. The number of aromatic nitrogens is 1. The normalized spacial score (nSPS) is 16.1. The van der Waals surface area contributed by atoms with Gasteiger partial charge in [-0.05, 0) is 31.9 Å². The van der Waals surface area contributed by atoms with E-state index in [2.05, 4.69) is 14.4 Å². The number of hydrogen-bond donors (Lipinski definition) is 2. The fraction of sp³-hybridized carbons (Fsp3) is 0.444. The average Bonchev–Trinajstić information content (AvgIpc) is 2.93. The van der Waals surface area contributed by atoms with E-state index in [9.17, 15) is 8.42 Å². The molecule has 2 rings (SSSR count). The van der Waals surface area contributed by atoms with Gasteiger partial charge in [-0.15, -0.1) is 0 Å². The highest BCUT2D eigenvalue weighted by molar-refractivity contribution is 7.90. The Morgan fingerprint density at radius 3 is 2.69 bits per heavy atom. The summed E-state index contributed by atoms with van der Waals surface area (Å²) in [6.07, 6.45) is 1.80. The van der Waals surface area contributed by atoms with Gasteiger partial charge >= 0.3 is 0 Å². The molecule has 0 aromatic carbocycles. The van der Waals surface area contributed by atoms with Crippen molar-refractivity contribution < 1.29 is 8.42 Å². The van der Waals surface area contributed by atoms with Crippen molar-refractivity contribution >= 4 is 27.5 Å². The average molecular weight is 262 g/mol. The van der Waals surface area contributed by atoms with Crippen LogP contribution < -0.4 is 9.44 Å². The number of anilines is 1. The van der Waals surface area contributed by atoms with Crippen LogP contribution in [0.15, 0.2) is 12.1 Å². The van der Waals surface area contributed by atoms with Gasteiger partial charge < -0.3 is 0 Å². The molecule has 0 spiro atoms. The summed E-state index contributed by atoms with van der Waals surface area (Å²) in [7, 11) is -3.49. The second kappa shape index (κ2) is 4.20. The maximum Gasteiger partial charge on any atom is 0.299 e. The third-order valence-corrected chi connectivity index (χ3v) is 3.54. The van der Waals surface area contributed by atoms with E-state index in [1.165, 1.54) is 0 Å². The van der Waals surface area contributed by atoms with Gasteiger partial charge in [-0.3, -0.25) is 4.72 Å². The van der Waals surface area contributed by atoms with Gasteiger partial charge in [-0.2, -0.15) is 13.1 Å². The second-order valence-electron chi connectivity index (χ2n) is 3.76. The highest BCUT2D eigenvalue weighted by Crippen LogP contribution is 2.21. The van der Waals surface area contributed by atoms with Crippen molar-refractivity contribution in [3.8, 4) is 0 Å². The minimum atomic E-state index is -3.49. The molecule has 16 heavy (non-hydrogen) atoms. The molecule has 1 aliphatic rings. The lowest BCUT2D eigenvalue weighted by Crippen LogP contribution is -2.32. The lowest BCUT2D eigenvalue weighted by Gasteiger charge is -2.10. The molecule has 88 valence electrons. The van der Waals surface area contributed by atoms with Crippen molar-refractivity contribution in [1.29, 1.82) is 0 Å². The lowest BCUT2D eigenvalue weighted by molar-refractivity contribution is 0.586. The van der Waals surface area contributed by atoms with E-state index < -0.39 is 10.2 Å². The van der Waals surface area contributed by atoms with E-state index in [0.29, 0.717) is 16.5 Å². The Morgan fingerprint density at radius 2 is 2.12 bits per heavy atom. The summed E-state index contributed by atoms with van der Waals surface area (Å²) in [6.45, 7) is 1.70.